The fourth-order valence-corrected chi connectivity index (χ4v) is 6.04. The Morgan fingerprint density at radius 2 is 2.00 bits per heavy atom. The minimum Gasteiger partial charge on any atom is -0.469 e. The third-order valence-corrected chi connectivity index (χ3v) is 7.36. The predicted molar refractivity (Wildman–Crippen MR) is 82.0 cm³/mol. The summed E-state index contributed by atoms with van der Waals surface area (Å²) in [7, 11) is 0. The lowest BCUT2D eigenvalue weighted by atomic mass is 9.46. The van der Waals surface area contributed by atoms with Gasteiger partial charge in [0.25, 0.3) is 0 Å². The fraction of sp³-hybridized carbons (Fsp3) is 0.737. The number of carbonyl (C=O) groups is 1. The van der Waals surface area contributed by atoms with Gasteiger partial charge in [-0.25, -0.2) is 0 Å². The molecule has 0 bridgehead atoms. The van der Waals surface area contributed by atoms with Crippen LogP contribution < -0.4 is 0 Å². The average Bonchev–Trinajstić information content (AvgIpc) is 2.93. The summed E-state index contributed by atoms with van der Waals surface area (Å²) in [6.07, 6.45) is 7.36. The van der Waals surface area contributed by atoms with Gasteiger partial charge in [0, 0.05) is 18.8 Å². The van der Waals surface area contributed by atoms with Crippen molar-refractivity contribution in [2.75, 3.05) is 0 Å². The normalized spacial score (nSPS) is 45.7. The lowest BCUT2D eigenvalue weighted by molar-refractivity contribution is -0.139. The summed E-state index contributed by atoms with van der Waals surface area (Å²) >= 11 is 0. The minimum atomic E-state index is 0.262. The number of Topliss-reactive ketones (excluding diaryl/α,β-unsaturated/α-hetero) is 1. The molecule has 6 atom stereocenters. The minimum absolute atomic E-state index is 0.262. The van der Waals surface area contributed by atoms with Crippen LogP contribution in [-0.4, -0.2) is 5.78 Å². The summed E-state index contributed by atoms with van der Waals surface area (Å²) in [4.78, 5) is 12.2. The van der Waals surface area contributed by atoms with E-state index in [0.29, 0.717) is 29.0 Å². The molecule has 2 saturated carbocycles. The van der Waals surface area contributed by atoms with Crippen LogP contribution in [0, 0.1) is 29.1 Å². The van der Waals surface area contributed by atoms with Gasteiger partial charge in [-0.3, -0.25) is 4.79 Å². The number of furan rings is 1. The first-order chi connectivity index (χ1) is 10.0. The summed E-state index contributed by atoms with van der Waals surface area (Å²) < 4.78 is 5.78. The van der Waals surface area contributed by atoms with Crippen molar-refractivity contribution < 1.29 is 9.21 Å². The van der Waals surface area contributed by atoms with Gasteiger partial charge in [0.15, 0.2) is 0 Å². The first kappa shape index (κ1) is 13.6. The van der Waals surface area contributed by atoms with Crippen molar-refractivity contribution in [3.8, 4) is 0 Å². The Morgan fingerprint density at radius 1 is 1.19 bits per heavy atom. The van der Waals surface area contributed by atoms with Crippen LogP contribution in [0.4, 0.5) is 0 Å². The topological polar surface area (TPSA) is 30.2 Å². The molecule has 0 saturated heterocycles. The van der Waals surface area contributed by atoms with Gasteiger partial charge in [0.2, 0.25) is 0 Å². The monoisotopic (exact) mass is 286 g/mol. The van der Waals surface area contributed by atoms with Crippen LogP contribution in [-0.2, 0) is 11.2 Å². The first-order valence-corrected chi connectivity index (χ1v) is 8.61. The average molecular weight is 286 g/mol. The summed E-state index contributed by atoms with van der Waals surface area (Å²) in [5.41, 5.74) is 1.77. The van der Waals surface area contributed by atoms with Crippen LogP contribution in [0.25, 0.3) is 0 Å². The zero-order chi connectivity index (χ0) is 14.8. The highest BCUT2D eigenvalue weighted by Gasteiger charge is 2.55. The van der Waals surface area contributed by atoms with Crippen molar-refractivity contribution in [2.24, 2.45) is 29.1 Å². The zero-order valence-electron chi connectivity index (χ0n) is 13.4. The number of hydrogen-bond donors (Lipinski definition) is 0. The molecule has 1 aromatic heterocycles. The van der Waals surface area contributed by atoms with E-state index in [1.807, 2.05) is 6.26 Å². The number of rotatable bonds is 0. The van der Waals surface area contributed by atoms with Gasteiger partial charge in [-0.15, -0.1) is 0 Å². The van der Waals surface area contributed by atoms with Gasteiger partial charge < -0.3 is 4.42 Å². The van der Waals surface area contributed by atoms with Gasteiger partial charge in [-0.2, -0.15) is 0 Å². The van der Waals surface area contributed by atoms with E-state index in [9.17, 15) is 4.79 Å². The van der Waals surface area contributed by atoms with E-state index in [1.165, 1.54) is 24.2 Å². The number of carbonyl (C=O) groups excluding carboxylic acids is 1. The molecule has 3 aliphatic rings. The van der Waals surface area contributed by atoms with E-state index >= 15 is 0 Å². The predicted octanol–water partition coefficient (Wildman–Crippen LogP) is 4.59. The molecular formula is C19H26O2. The quantitative estimate of drug-likeness (QED) is 0.698. The highest BCUT2D eigenvalue weighted by Crippen LogP contribution is 2.61. The third-order valence-electron chi connectivity index (χ3n) is 7.36. The van der Waals surface area contributed by atoms with E-state index in [-0.39, 0.29) is 5.92 Å². The van der Waals surface area contributed by atoms with Crippen LogP contribution in [0.15, 0.2) is 16.7 Å². The van der Waals surface area contributed by atoms with Gasteiger partial charge in [0.1, 0.15) is 11.5 Å². The molecule has 0 aromatic carbocycles. The maximum Gasteiger partial charge on any atom is 0.136 e. The molecule has 4 rings (SSSR count). The van der Waals surface area contributed by atoms with Crippen molar-refractivity contribution in [1.29, 1.82) is 0 Å². The molecule has 0 aliphatic heterocycles. The van der Waals surface area contributed by atoms with Crippen LogP contribution >= 0.6 is 0 Å². The number of ketones is 1. The summed E-state index contributed by atoms with van der Waals surface area (Å²) in [5.74, 6) is 4.65. The van der Waals surface area contributed by atoms with Gasteiger partial charge >= 0.3 is 0 Å². The molecule has 3 aliphatic carbocycles. The molecule has 0 N–H and O–H groups in total. The van der Waals surface area contributed by atoms with Crippen LogP contribution in [0.3, 0.4) is 0 Å². The Balaban J connectivity index is 1.74. The van der Waals surface area contributed by atoms with Crippen molar-refractivity contribution in [3.05, 3.63) is 23.7 Å². The molecule has 21 heavy (non-hydrogen) atoms. The van der Waals surface area contributed by atoms with Crippen molar-refractivity contribution in [1.82, 2.24) is 0 Å². The third kappa shape index (κ3) is 1.74. The van der Waals surface area contributed by atoms with Crippen LogP contribution in [0.1, 0.15) is 63.7 Å². The largest absolute Gasteiger partial charge is 0.469 e. The summed E-state index contributed by atoms with van der Waals surface area (Å²) in [6.45, 7) is 7.03. The van der Waals surface area contributed by atoms with Crippen LogP contribution in [0.5, 0.6) is 0 Å². The zero-order valence-corrected chi connectivity index (χ0v) is 13.4. The lowest BCUT2D eigenvalue weighted by Gasteiger charge is -2.57. The highest BCUT2D eigenvalue weighted by atomic mass is 16.3. The molecule has 0 unspecified atom stereocenters. The standard InChI is InChI=1S/C19H26O2/c1-11-13-4-5-15-12(2)17(20)6-8-19(15,3)16(13)10-18-14(11)7-9-21-18/h7,9,11-13,15-16H,4-6,8,10H2,1-3H3/t11-,12+,13+,15+,16+,19+/m1/s1. The Labute approximate surface area is 127 Å². The van der Waals surface area contributed by atoms with E-state index in [2.05, 4.69) is 26.8 Å². The second-order valence-electron chi connectivity index (χ2n) is 8.01. The molecular weight excluding hydrogens is 260 g/mol. The molecule has 0 spiro atoms. The smallest absolute Gasteiger partial charge is 0.136 e. The number of hydrogen-bond acceptors (Lipinski definition) is 2. The second-order valence-corrected chi connectivity index (χ2v) is 8.01. The van der Waals surface area contributed by atoms with Gasteiger partial charge in [-0.1, -0.05) is 20.8 Å². The molecule has 0 amide bonds. The maximum absolute atomic E-state index is 12.2. The van der Waals surface area contributed by atoms with E-state index < -0.39 is 0 Å². The molecule has 2 nitrogen and oxygen atoms in total. The summed E-state index contributed by atoms with van der Waals surface area (Å²) in [5, 5.41) is 0. The van der Waals surface area contributed by atoms with Gasteiger partial charge in [0.05, 0.1) is 6.26 Å². The Kier molecular flexibility index (Phi) is 2.90. The van der Waals surface area contributed by atoms with Crippen molar-refractivity contribution >= 4 is 5.78 Å². The van der Waals surface area contributed by atoms with Gasteiger partial charge in [-0.05, 0) is 60.0 Å². The van der Waals surface area contributed by atoms with E-state index in [1.54, 1.807) is 0 Å². The van der Waals surface area contributed by atoms with E-state index in [0.717, 1.165) is 25.2 Å². The molecule has 1 aromatic rings. The Hall–Kier alpha value is -1.05. The lowest BCUT2D eigenvalue weighted by Crippen LogP contribution is -2.53. The fourth-order valence-electron chi connectivity index (χ4n) is 6.04. The Bertz CT molecular complexity index is 572. The first-order valence-electron chi connectivity index (χ1n) is 8.61. The van der Waals surface area contributed by atoms with E-state index in [4.69, 9.17) is 4.42 Å². The molecule has 2 fully saturated rings. The number of fused-ring (bicyclic) bond motifs is 4. The summed E-state index contributed by atoms with van der Waals surface area (Å²) in [6, 6.07) is 2.18. The Morgan fingerprint density at radius 3 is 2.81 bits per heavy atom. The molecule has 2 heteroatoms. The second kappa shape index (κ2) is 4.47. The van der Waals surface area contributed by atoms with Crippen molar-refractivity contribution in [3.63, 3.8) is 0 Å². The highest BCUT2D eigenvalue weighted by molar-refractivity contribution is 5.82. The van der Waals surface area contributed by atoms with Crippen LogP contribution in [0.2, 0.25) is 0 Å². The molecule has 114 valence electrons. The SMILES string of the molecule is C[C@@H]1C(=O)CC[C@]2(C)[C@H]3Cc4occc4[C@H](C)[C@@H]3CC[C@@H]12. The van der Waals surface area contributed by atoms with Crippen molar-refractivity contribution in [2.45, 2.75) is 58.8 Å². The maximum atomic E-state index is 12.2. The molecule has 0 radical (unpaired) electrons. The molecule has 1 heterocycles.